The number of benzene rings is 3. The van der Waals surface area contributed by atoms with Crippen LogP contribution in [-0.2, 0) is 20.9 Å². The van der Waals surface area contributed by atoms with E-state index in [1.165, 1.54) is 18.2 Å². The first kappa shape index (κ1) is 23.3. The Morgan fingerprint density at radius 2 is 1.82 bits per heavy atom. The van der Waals surface area contributed by atoms with Crippen LogP contribution in [0.3, 0.4) is 0 Å². The number of anilines is 1. The molecule has 0 N–H and O–H groups in total. The lowest BCUT2D eigenvalue weighted by molar-refractivity contribution is -0.384. The Labute approximate surface area is 200 Å². The van der Waals surface area contributed by atoms with Gasteiger partial charge in [-0.05, 0) is 42.8 Å². The molecular weight excluding hydrogens is 460 g/mol. The van der Waals surface area contributed by atoms with Gasteiger partial charge in [-0.1, -0.05) is 41.4 Å². The first-order valence-electron chi connectivity index (χ1n) is 10.5. The molecule has 0 aliphatic carbocycles. The fraction of sp³-hybridized carbons (Fsp3) is 0.200. The molecule has 9 heteroatoms. The summed E-state index contributed by atoms with van der Waals surface area (Å²) in [5, 5.41) is 10.9. The molecule has 0 saturated carbocycles. The Kier molecular flexibility index (Phi) is 6.79. The minimum atomic E-state index is -0.534. The van der Waals surface area contributed by atoms with E-state index in [4.69, 9.17) is 21.1 Å². The zero-order valence-electron chi connectivity index (χ0n) is 18.3. The maximum Gasteiger partial charge on any atom is 0.311 e. The molecule has 174 valence electrons. The molecule has 3 aromatic carbocycles. The van der Waals surface area contributed by atoms with Crippen molar-refractivity contribution in [2.75, 3.05) is 11.4 Å². The molecule has 1 heterocycles. The number of hydrogen-bond donors (Lipinski definition) is 0. The van der Waals surface area contributed by atoms with Gasteiger partial charge in [-0.25, -0.2) is 0 Å². The molecule has 0 bridgehead atoms. The first-order valence-corrected chi connectivity index (χ1v) is 10.9. The molecule has 4 rings (SSSR count). The van der Waals surface area contributed by atoms with Crippen LogP contribution in [0, 0.1) is 23.0 Å². The number of nitrogens with zero attached hydrogens (tertiary/aromatic N) is 2. The lowest BCUT2D eigenvalue weighted by atomic mass is 10.1. The maximum atomic E-state index is 12.5. The fourth-order valence-corrected chi connectivity index (χ4v) is 3.79. The van der Waals surface area contributed by atoms with E-state index in [0.717, 1.165) is 16.8 Å². The van der Waals surface area contributed by atoms with E-state index in [0.29, 0.717) is 12.3 Å². The SMILES string of the molecule is Cc1ccc(N2C[C@@H](C(=O)OCc3ccc(Oc4ccc([N+](=O)[O-])cc4Cl)cc3)CC2=O)cc1. The van der Waals surface area contributed by atoms with Crippen LogP contribution in [-0.4, -0.2) is 23.3 Å². The summed E-state index contributed by atoms with van der Waals surface area (Å²) in [6.45, 7) is 2.33. The summed E-state index contributed by atoms with van der Waals surface area (Å²) in [6, 6.07) is 18.4. The van der Waals surface area contributed by atoms with Gasteiger partial charge in [-0.15, -0.1) is 0 Å². The number of hydrogen-bond acceptors (Lipinski definition) is 6. The third-order valence-electron chi connectivity index (χ3n) is 5.46. The molecule has 0 radical (unpaired) electrons. The van der Waals surface area contributed by atoms with Crippen molar-refractivity contribution in [3.63, 3.8) is 0 Å². The zero-order valence-corrected chi connectivity index (χ0v) is 19.0. The number of nitro groups is 1. The molecule has 0 spiro atoms. The summed E-state index contributed by atoms with van der Waals surface area (Å²) in [6.07, 6.45) is 0.121. The normalized spacial score (nSPS) is 15.3. The molecule has 0 aromatic heterocycles. The number of aryl methyl sites for hydroxylation is 1. The Morgan fingerprint density at radius 1 is 1.12 bits per heavy atom. The molecule has 1 atom stereocenters. The van der Waals surface area contributed by atoms with Crippen LogP contribution >= 0.6 is 11.6 Å². The van der Waals surface area contributed by atoms with Gasteiger partial charge in [0.15, 0.2) is 0 Å². The van der Waals surface area contributed by atoms with Crippen molar-refractivity contribution in [3.05, 3.63) is 93.0 Å². The Morgan fingerprint density at radius 3 is 2.47 bits per heavy atom. The number of non-ortho nitro benzene ring substituents is 1. The lowest BCUT2D eigenvalue weighted by Crippen LogP contribution is -2.26. The van der Waals surface area contributed by atoms with Gasteiger partial charge in [0.05, 0.1) is 15.9 Å². The van der Waals surface area contributed by atoms with Crippen molar-refractivity contribution in [2.24, 2.45) is 5.92 Å². The molecule has 34 heavy (non-hydrogen) atoms. The number of nitro benzene ring substituents is 1. The van der Waals surface area contributed by atoms with Gasteiger partial charge < -0.3 is 14.4 Å². The number of carbonyl (C=O) groups excluding carboxylic acids is 2. The summed E-state index contributed by atoms with van der Waals surface area (Å²) < 4.78 is 11.1. The van der Waals surface area contributed by atoms with Crippen LogP contribution in [0.4, 0.5) is 11.4 Å². The van der Waals surface area contributed by atoms with Crippen molar-refractivity contribution < 1.29 is 24.0 Å². The molecule has 0 unspecified atom stereocenters. The lowest BCUT2D eigenvalue weighted by Gasteiger charge is -2.16. The highest BCUT2D eigenvalue weighted by atomic mass is 35.5. The van der Waals surface area contributed by atoms with Crippen LogP contribution in [0.1, 0.15) is 17.5 Å². The van der Waals surface area contributed by atoms with E-state index in [9.17, 15) is 19.7 Å². The highest BCUT2D eigenvalue weighted by Crippen LogP contribution is 2.32. The van der Waals surface area contributed by atoms with Crippen LogP contribution in [0.15, 0.2) is 66.7 Å². The molecule has 1 fully saturated rings. The van der Waals surface area contributed by atoms with Gasteiger partial charge in [0.25, 0.3) is 5.69 Å². The number of rotatable bonds is 7. The van der Waals surface area contributed by atoms with Crippen molar-refractivity contribution in [2.45, 2.75) is 20.0 Å². The second kappa shape index (κ2) is 9.93. The quantitative estimate of drug-likeness (QED) is 0.253. The van der Waals surface area contributed by atoms with Gasteiger partial charge in [0.2, 0.25) is 5.91 Å². The van der Waals surface area contributed by atoms with Crippen LogP contribution in [0.2, 0.25) is 5.02 Å². The van der Waals surface area contributed by atoms with Crippen molar-refractivity contribution in [1.82, 2.24) is 0 Å². The molecule has 1 saturated heterocycles. The second-order valence-corrected chi connectivity index (χ2v) is 8.37. The number of halogens is 1. The monoisotopic (exact) mass is 480 g/mol. The summed E-state index contributed by atoms with van der Waals surface area (Å²) in [7, 11) is 0. The second-order valence-electron chi connectivity index (χ2n) is 7.97. The average Bonchev–Trinajstić information content (AvgIpc) is 3.21. The Bertz CT molecular complexity index is 1230. The van der Waals surface area contributed by atoms with E-state index < -0.39 is 16.8 Å². The largest absolute Gasteiger partial charge is 0.461 e. The number of carbonyl (C=O) groups is 2. The van der Waals surface area contributed by atoms with Crippen molar-refractivity contribution in [1.29, 1.82) is 0 Å². The van der Waals surface area contributed by atoms with E-state index in [1.54, 1.807) is 29.2 Å². The summed E-state index contributed by atoms with van der Waals surface area (Å²) in [5.74, 6) is -0.268. The summed E-state index contributed by atoms with van der Waals surface area (Å²) >= 11 is 6.05. The predicted octanol–water partition coefficient (Wildman–Crippen LogP) is 5.45. The predicted molar refractivity (Wildman–Crippen MR) is 126 cm³/mol. The van der Waals surface area contributed by atoms with Gasteiger partial charge >= 0.3 is 5.97 Å². The Balaban J connectivity index is 1.31. The first-order chi connectivity index (χ1) is 16.3. The van der Waals surface area contributed by atoms with Crippen LogP contribution in [0.5, 0.6) is 11.5 Å². The third kappa shape index (κ3) is 5.35. The van der Waals surface area contributed by atoms with Gasteiger partial charge in [0, 0.05) is 30.8 Å². The zero-order chi connectivity index (χ0) is 24.2. The number of amides is 1. The van der Waals surface area contributed by atoms with Crippen molar-refractivity contribution in [3.8, 4) is 11.5 Å². The molecular formula is C25H21ClN2O6. The average molecular weight is 481 g/mol. The minimum absolute atomic E-state index is 0.0621. The standard InChI is InChI=1S/C25H21ClN2O6/c1-16-2-6-19(7-3-16)27-14-18(12-24(27)29)25(30)33-15-17-4-9-21(10-5-17)34-23-11-8-20(28(31)32)13-22(23)26/h2-11,13,18H,12,14-15H2,1H3/t18-/m0/s1. The molecule has 3 aromatic rings. The third-order valence-corrected chi connectivity index (χ3v) is 5.76. The molecule has 1 aliphatic rings. The van der Waals surface area contributed by atoms with Crippen LogP contribution in [0.25, 0.3) is 0 Å². The molecule has 1 amide bonds. The van der Waals surface area contributed by atoms with Gasteiger partial charge in [0.1, 0.15) is 18.1 Å². The Hall–Kier alpha value is -3.91. The van der Waals surface area contributed by atoms with Crippen molar-refractivity contribution >= 4 is 34.9 Å². The highest BCUT2D eigenvalue weighted by molar-refractivity contribution is 6.32. The van der Waals surface area contributed by atoms with E-state index in [2.05, 4.69) is 0 Å². The molecule has 1 aliphatic heterocycles. The highest BCUT2D eigenvalue weighted by Gasteiger charge is 2.36. The van der Waals surface area contributed by atoms with Gasteiger partial charge in [-0.3, -0.25) is 19.7 Å². The van der Waals surface area contributed by atoms with Gasteiger partial charge in [-0.2, -0.15) is 0 Å². The van der Waals surface area contributed by atoms with Crippen LogP contribution < -0.4 is 9.64 Å². The smallest absolute Gasteiger partial charge is 0.311 e. The van der Waals surface area contributed by atoms with E-state index in [-0.39, 0.29) is 35.4 Å². The number of ether oxygens (including phenoxy) is 2. The summed E-state index contributed by atoms with van der Waals surface area (Å²) in [4.78, 5) is 36.8. The number of esters is 1. The topological polar surface area (TPSA) is 99.0 Å². The molecule has 8 nitrogen and oxygen atoms in total. The minimum Gasteiger partial charge on any atom is -0.461 e. The fourth-order valence-electron chi connectivity index (χ4n) is 3.58. The van der Waals surface area contributed by atoms with E-state index >= 15 is 0 Å². The maximum absolute atomic E-state index is 12.5. The summed E-state index contributed by atoms with van der Waals surface area (Å²) in [5.41, 5.74) is 2.49. The van der Waals surface area contributed by atoms with E-state index in [1.807, 2.05) is 31.2 Å².